The van der Waals surface area contributed by atoms with Gasteiger partial charge in [-0.3, -0.25) is 0 Å². The Kier molecular flexibility index (Phi) is 3.63. The summed E-state index contributed by atoms with van der Waals surface area (Å²) in [6.45, 7) is 2.34. The van der Waals surface area contributed by atoms with Crippen LogP contribution in [0.1, 0.15) is 17.3 Å². The first kappa shape index (κ1) is 13.6. The number of primary sulfonamides is 1. The minimum absolute atomic E-state index is 0.0110. The van der Waals surface area contributed by atoms with E-state index in [0.29, 0.717) is 0 Å². The molecule has 2 N–H and O–H groups in total. The van der Waals surface area contributed by atoms with Crippen molar-refractivity contribution in [2.24, 2.45) is 5.14 Å². The number of fused-ring (bicyclic) bond motifs is 1. The molecule has 7 nitrogen and oxygen atoms in total. The average molecular weight is 287 g/mol. The van der Waals surface area contributed by atoms with E-state index >= 15 is 0 Å². The van der Waals surface area contributed by atoms with Crippen LogP contribution >= 0.6 is 0 Å². The number of rotatable bonds is 3. The van der Waals surface area contributed by atoms with Gasteiger partial charge >= 0.3 is 5.97 Å². The minimum atomic E-state index is -3.95. The van der Waals surface area contributed by atoms with Gasteiger partial charge in [0.25, 0.3) is 0 Å². The number of nitrogens with two attached hydrogens (primary N) is 1. The quantitative estimate of drug-likeness (QED) is 0.801. The van der Waals surface area contributed by atoms with Crippen molar-refractivity contribution < 1.29 is 27.4 Å². The third kappa shape index (κ3) is 2.79. The molecule has 1 aromatic carbocycles. The van der Waals surface area contributed by atoms with Crippen LogP contribution in [0.15, 0.2) is 17.0 Å². The van der Waals surface area contributed by atoms with Gasteiger partial charge in [-0.1, -0.05) is 0 Å². The molecule has 0 fully saturated rings. The molecule has 0 aliphatic carbocycles. The van der Waals surface area contributed by atoms with Crippen LogP contribution in [0.25, 0.3) is 0 Å². The molecule has 0 saturated carbocycles. The highest BCUT2D eigenvalue weighted by molar-refractivity contribution is 7.89. The molecule has 19 heavy (non-hydrogen) atoms. The number of esters is 1. The fourth-order valence-corrected chi connectivity index (χ4v) is 2.21. The molecule has 1 aliphatic rings. The predicted octanol–water partition coefficient (Wildman–Crippen LogP) is 0.282. The van der Waals surface area contributed by atoms with E-state index < -0.39 is 16.0 Å². The van der Waals surface area contributed by atoms with Gasteiger partial charge in [0.05, 0.1) is 11.5 Å². The lowest BCUT2D eigenvalue weighted by molar-refractivity contribution is 0.0516. The highest BCUT2D eigenvalue weighted by atomic mass is 32.2. The third-order valence-electron chi connectivity index (χ3n) is 2.44. The van der Waals surface area contributed by atoms with Crippen molar-refractivity contribution in [3.05, 3.63) is 17.7 Å². The average Bonchev–Trinajstić information content (AvgIpc) is 2.36. The van der Waals surface area contributed by atoms with E-state index in [9.17, 15) is 13.2 Å². The zero-order valence-corrected chi connectivity index (χ0v) is 11.0. The summed E-state index contributed by atoms with van der Waals surface area (Å²) in [5.41, 5.74) is -0.0110. The Hall–Kier alpha value is -1.80. The molecule has 1 heterocycles. The fourth-order valence-electron chi connectivity index (χ4n) is 1.65. The van der Waals surface area contributed by atoms with E-state index in [-0.39, 0.29) is 41.8 Å². The van der Waals surface area contributed by atoms with Crippen LogP contribution in [0.4, 0.5) is 0 Å². The van der Waals surface area contributed by atoms with Gasteiger partial charge in [-0.05, 0) is 13.0 Å². The van der Waals surface area contributed by atoms with Gasteiger partial charge in [0.1, 0.15) is 18.8 Å². The van der Waals surface area contributed by atoms with Gasteiger partial charge in [-0.15, -0.1) is 0 Å². The Bertz CT molecular complexity index is 610. The summed E-state index contributed by atoms with van der Waals surface area (Å²) in [6.07, 6.45) is 0. The summed E-state index contributed by atoms with van der Waals surface area (Å²) < 4.78 is 38.2. The molecule has 0 radical (unpaired) electrons. The number of hydrogen-bond donors (Lipinski definition) is 1. The van der Waals surface area contributed by atoms with E-state index in [4.69, 9.17) is 19.3 Å². The van der Waals surface area contributed by atoms with Gasteiger partial charge in [-0.2, -0.15) is 0 Å². The van der Waals surface area contributed by atoms with Crippen molar-refractivity contribution in [2.45, 2.75) is 11.8 Å². The largest absolute Gasteiger partial charge is 0.486 e. The number of sulfonamides is 1. The Morgan fingerprint density at radius 1 is 1.37 bits per heavy atom. The number of carbonyl (C=O) groups is 1. The summed E-state index contributed by atoms with van der Waals surface area (Å²) in [6, 6.07) is 2.35. The SMILES string of the molecule is CCOC(=O)c1cc(S(N)(=O)=O)cc2c1OCCO2. The standard InChI is InChI=1S/C11H13NO6S/c1-2-16-11(13)8-5-7(19(12,14)15)6-9-10(8)18-4-3-17-9/h5-6H,2-4H2,1H3,(H2,12,14,15). The fraction of sp³-hybridized carbons (Fsp3) is 0.364. The lowest BCUT2D eigenvalue weighted by Crippen LogP contribution is -2.20. The van der Waals surface area contributed by atoms with Crippen LogP contribution in [0, 0.1) is 0 Å². The first-order valence-corrected chi connectivity index (χ1v) is 7.11. The number of hydrogen-bond acceptors (Lipinski definition) is 6. The molecule has 8 heteroatoms. The summed E-state index contributed by atoms with van der Waals surface area (Å²) in [5, 5.41) is 5.06. The van der Waals surface area contributed by atoms with Crippen molar-refractivity contribution in [3.8, 4) is 11.5 Å². The van der Waals surface area contributed by atoms with E-state index in [1.165, 1.54) is 6.07 Å². The third-order valence-corrected chi connectivity index (χ3v) is 3.33. The first-order valence-electron chi connectivity index (χ1n) is 5.57. The second kappa shape index (κ2) is 5.06. The second-order valence-corrected chi connectivity index (χ2v) is 5.32. The van der Waals surface area contributed by atoms with E-state index in [1.54, 1.807) is 6.92 Å². The smallest absolute Gasteiger partial charge is 0.342 e. The normalized spacial score (nSPS) is 14.0. The molecule has 2 rings (SSSR count). The Morgan fingerprint density at radius 2 is 2.05 bits per heavy atom. The highest BCUT2D eigenvalue weighted by Crippen LogP contribution is 2.36. The van der Waals surface area contributed by atoms with Gasteiger partial charge in [-0.25, -0.2) is 18.4 Å². The molecule has 0 aromatic heterocycles. The lowest BCUT2D eigenvalue weighted by Gasteiger charge is -2.21. The molecule has 0 bridgehead atoms. The van der Waals surface area contributed by atoms with Crippen LogP contribution < -0.4 is 14.6 Å². The van der Waals surface area contributed by atoms with Crippen molar-refractivity contribution >= 4 is 16.0 Å². The predicted molar refractivity (Wildman–Crippen MR) is 64.8 cm³/mol. The maximum atomic E-state index is 11.8. The Morgan fingerprint density at radius 3 is 2.68 bits per heavy atom. The molecule has 0 atom stereocenters. The van der Waals surface area contributed by atoms with E-state index in [0.717, 1.165) is 6.07 Å². The van der Waals surface area contributed by atoms with Gasteiger partial charge in [0, 0.05) is 6.07 Å². The van der Waals surface area contributed by atoms with Gasteiger partial charge in [0.15, 0.2) is 11.5 Å². The topological polar surface area (TPSA) is 105 Å². The summed E-state index contributed by atoms with van der Waals surface area (Å²) >= 11 is 0. The summed E-state index contributed by atoms with van der Waals surface area (Å²) in [4.78, 5) is 11.6. The lowest BCUT2D eigenvalue weighted by atomic mass is 10.1. The molecular formula is C11H13NO6S. The molecule has 1 aliphatic heterocycles. The second-order valence-electron chi connectivity index (χ2n) is 3.76. The molecule has 104 valence electrons. The van der Waals surface area contributed by atoms with Crippen molar-refractivity contribution in [1.82, 2.24) is 0 Å². The molecule has 0 unspecified atom stereocenters. The summed E-state index contributed by atoms with van der Waals surface area (Å²) in [5.74, 6) is -0.340. The number of ether oxygens (including phenoxy) is 3. The molecule has 0 spiro atoms. The van der Waals surface area contributed by atoms with Crippen LogP contribution in [0.3, 0.4) is 0 Å². The number of carbonyl (C=O) groups excluding carboxylic acids is 1. The molecule has 0 amide bonds. The van der Waals surface area contributed by atoms with E-state index in [2.05, 4.69) is 0 Å². The van der Waals surface area contributed by atoms with E-state index in [1.807, 2.05) is 0 Å². The Labute approximate surface area is 110 Å². The van der Waals surface area contributed by atoms with Gasteiger partial charge in [0.2, 0.25) is 10.0 Å². The zero-order chi connectivity index (χ0) is 14.0. The highest BCUT2D eigenvalue weighted by Gasteiger charge is 2.25. The zero-order valence-electron chi connectivity index (χ0n) is 10.2. The maximum absolute atomic E-state index is 11.8. The molecular weight excluding hydrogens is 274 g/mol. The summed E-state index contributed by atoms with van der Waals surface area (Å²) in [7, 11) is -3.95. The first-order chi connectivity index (χ1) is 8.93. The van der Waals surface area contributed by atoms with Gasteiger partial charge < -0.3 is 14.2 Å². The van der Waals surface area contributed by atoms with Crippen LogP contribution in [0.2, 0.25) is 0 Å². The monoisotopic (exact) mass is 287 g/mol. The van der Waals surface area contributed by atoms with Crippen molar-refractivity contribution in [2.75, 3.05) is 19.8 Å². The van der Waals surface area contributed by atoms with Crippen molar-refractivity contribution in [3.63, 3.8) is 0 Å². The van der Waals surface area contributed by atoms with Crippen molar-refractivity contribution in [1.29, 1.82) is 0 Å². The maximum Gasteiger partial charge on any atom is 0.342 e. The Balaban J connectivity index is 2.59. The molecule has 1 aromatic rings. The number of benzene rings is 1. The van der Waals surface area contributed by atoms with Crippen LogP contribution in [-0.2, 0) is 14.8 Å². The van der Waals surface area contributed by atoms with Crippen LogP contribution in [-0.4, -0.2) is 34.2 Å². The minimum Gasteiger partial charge on any atom is -0.486 e. The molecule has 0 saturated heterocycles. The van der Waals surface area contributed by atoms with Crippen LogP contribution in [0.5, 0.6) is 11.5 Å².